The fourth-order valence-corrected chi connectivity index (χ4v) is 1.86. The Kier molecular flexibility index (Phi) is 4.20. The van der Waals surface area contributed by atoms with Crippen LogP contribution in [0.2, 0.25) is 0 Å². The maximum atomic E-state index is 4.69. The summed E-state index contributed by atoms with van der Waals surface area (Å²) in [5.74, 6) is 1.41. The molecule has 1 aliphatic carbocycles. The van der Waals surface area contributed by atoms with E-state index in [4.69, 9.17) is 4.99 Å². The molecule has 0 aliphatic heterocycles. The first-order valence-corrected chi connectivity index (χ1v) is 5.38. The van der Waals surface area contributed by atoms with Crippen LogP contribution in [0.1, 0.15) is 39.5 Å². The van der Waals surface area contributed by atoms with Crippen molar-refractivity contribution in [3.8, 4) is 0 Å². The number of rotatable bonds is 4. The molecule has 1 nitrogen and oxygen atoms in total. The molecule has 1 aliphatic rings. The molecule has 0 heterocycles. The largest absolute Gasteiger partial charge is 0.294 e. The molecule has 1 fully saturated rings. The van der Waals surface area contributed by atoms with Crippen molar-refractivity contribution in [3.05, 3.63) is 12.7 Å². The molecule has 1 unspecified atom stereocenters. The normalized spacial score (nSPS) is 25.8. The number of hydrogen-bond acceptors (Lipinski definition) is 1. The Bertz CT molecular complexity index is 191. The van der Waals surface area contributed by atoms with Gasteiger partial charge < -0.3 is 0 Å². The molecule has 13 heavy (non-hydrogen) atoms. The molecule has 0 amide bonds. The van der Waals surface area contributed by atoms with Gasteiger partial charge in [0.05, 0.1) is 0 Å². The summed E-state index contributed by atoms with van der Waals surface area (Å²) >= 11 is 0. The number of hydrogen-bond donors (Lipinski definition) is 0. The van der Waals surface area contributed by atoms with E-state index in [1.807, 2.05) is 6.08 Å². The van der Waals surface area contributed by atoms with E-state index in [1.54, 1.807) is 0 Å². The number of nitrogens with zero attached hydrogens (tertiary/aromatic N) is 1. The lowest BCUT2D eigenvalue weighted by molar-refractivity contribution is 0.648. The summed E-state index contributed by atoms with van der Waals surface area (Å²) in [6.07, 6.45) is 7.03. The zero-order valence-electron chi connectivity index (χ0n) is 8.92. The number of allylic oxidation sites excluding steroid dienone is 1. The first-order valence-electron chi connectivity index (χ1n) is 5.38. The van der Waals surface area contributed by atoms with E-state index in [2.05, 4.69) is 20.4 Å². The maximum Gasteiger partial charge on any atom is 0.0411 e. The Hall–Kier alpha value is -0.590. The van der Waals surface area contributed by atoms with Crippen LogP contribution in [0.3, 0.4) is 0 Å². The summed E-state index contributed by atoms with van der Waals surface area (Å²) in [4.78, 5) is 4.69. The predicted octanol–water partition coefficient (Wildman–Crippen LogP) is 3.46. The third-order valence-electron chi connectivity index (χ3n) is 2.57. The van der Waals surface area contributed by atoms with Crippen molar-refractivity contribution in [2.45, 2.75) is 39.5 Å². The molecule has 1 rings (SSSR count). The van der Waals surface area contributed by atoms with Gasteiger partial charge in [-0.1, -0.05) is 19.9 Å². The van der Waals surface area contributed by atoms with Crippen molar-refractivity contribution < 1.29 is 0 Å². The third kappa shape index (κ3) is 3.33. The fraction of sp³-hybridized carbons (Fsp3) is 0.750. The van der Waals surface area contributed by atoms with Crippen LogP contribution >= 0.6 is 0 Å². The van der Waals surface area contributed by atoms with Gasteiger partial charge in [-0.05, 0) is 31.6 Å². The first-order chi connectivity index (χ1) is 6.24. The SMILES string of the molecule is C=CCC1CCCC1=NCC(C)C. The van der Waals surface area contributed by atoms with Crippen molar-refractivity contribution in [2.24, 2.45) is 16.8 Å². The second-order valence-corrected chi connectivity index (χ2v) is 4.34. The van der Waals surface area contributed by atoms with E-state index in [0.29, 0.717) is 5.92 Å². The summed E-state index contributed by atoms with van der Waals surface area (Å²) in [5, 5.41) is 0. The summed E-state index contributed by atoms with van der Waals surface area (Å²) in [5.41, 5.74) is 1.45. The zero-order chi connectivity index (χ0) is 9.68. The van der Waals surface area contributed by atoms with Gasteiger partial charge in [-0.2, -0.15) is 0 Å². The van der Waals surface area contributed by atoms with Gasteiger partial charge in [0.15, 0.2) is 0 Å². The highest BCUT2D eigenvalue weighted by atomic mass is 14.8. The van der Waals surface area contributed by atoms with Crippen molar-refractivity contribution >= 4 is 5.71 Å². The van der Waals surface area contributed by atoms with Crippen LogP contribution in [0.5, 0.6) is 0 Å². The minimum absolute atomic E-state index is 0.692. The molecule has 0 spiro atoms. The van der Waals surface area contributed by atoms with E-state index in [1.165, 1.54) is 25.0 Å². The monoisotopic (exact) mass is 179 g/mol. The smallest absolute Gasteiger partial charge is 0.0411 e. The van der Waals surface area contributed by atoms with Gasteiger partial charge >= 0.3 is 0 Å². The highest BCUT2D eigenvalue weighted by Gasteiger charge is 2.20. The van der Waals surface area contributed by atoms with Crippen LogP contribution in [0.25, 0.3) is 0 Å². The minimum atomic E-state index is 0.692. The molecule has 1 heteroatoms. The highest BCUT2D eigenvalue weighted by Crippen LogP contribution is 2.26. The van der Waals surface area contributed by atoms with Gasteiger partial charge in [-0.25, -0.2) is 0 Å². The average Bonchev–Trinajstić information content (AvgIpc) is 2.49. The fourth-order valence-electron chi connectivity index (χ4n) is 1.86. The first kappa shape index (κ1) is 10.5. The molecular weight excluding hydrogens is 158 g/mol. The van der Waals surface area contributed by atoms with E-state index < -0.39 is 0 Å². The zero-order valence-corrected chi connectivity index (χ0v) is 8.92. The lowest BCUT2D eigenvalue weighted by Crippen LogP contribution is -2.08. The average molecular weight is 179 g/mol. The Labute approximate surface area is 82.0 Å². The van der Waals surface area contributed by atoms with Gasteiger partial charge in [0.1, 0.15) is 0 Å². The van der Waals surface area contributed by atoms with Gasteiger partial charge in [0.2, 0.25) is 0 Å². The second kappa shape index (κ2) is 5.21. The molecule has 1 saturated carbocycles. The maximum absolute atomic E-state index is 4.69. The molecule has 0 bridgehead atoms. The highest BCUT2D eigenvalue weighted by molar-refractivity contribution is 5.88. The van der Waals surface area contributed by atoms with Gasteiger partial charge in [-0.3, -0.25) is 4.99 Å². The second-order valence-electron chi connectivity index (χ2n) is 4.34. The molecular formula is C12H21N. The lowest BCUT2D eigenvalue weighted by Gasteiger charge is -2.08. The summed E-state index contributed by atoms with van der Waals surface area (Å²) in [6.45, 7) is 9.25. The van der Waals surface area contributed by atoms with Crippen molar-refractivity contribution in [2.75, 3.05) is 6.54 Å². The summed E-state index contributed by atoms with van der Waals surface area (Å²) in [6, 6.07) is 0. The molecule has 0 aromatic heterocycles. The van der Waals surface area contributed by atoms with Crippen molar-refractivity contribution in [3.63, 3.8) is 0 Å². The number of aliphatic imine (C=N–C) groups is 1. The Morgan fingerprint density at radius 1 is 1.62 bits per heavy atom. The third-order valence-corrected chi connectivity index (χ3v) is 2.57. The molecule has 0 aromatic carbocycles. The van der Waals surface area contributed by atoms with Crippen LogP contribution in [0.4, 0.5) is 0 Å². The molecule has 0 saturated heterocycles. The lowest BCUT2D eigenvalue weighted by atomic mass is 10.0. The molecule has 0 radical (unpaired) electrons. The van der Waals surface area contributed by atoms with Crippen molar-refractivity contribution in [1.29, 1.82) is 0 Å². The van der Waals surface area contributed by atoms with Crippen LogP contribution < -0.4 is 0 Å². The van der Waals surface area contributed by atoms with Gasteiger partial charge in [-0.15, -0.1) is 6.58 Å². The predicted molar refractivity (Wildman–Crippen MR) is 59.3 cm³/mol. The Morgan fingerprint density at radius 3 is 3.00 bits per heavy atom. The van der Waals surface area contributed by atoms with Crippen LogP contribution in [0.15, 0.2) is 17.6 Å². The van der Waals surface area contributed by atoms with Gasteiger partial charge in [0.25, 0.3) is 0 Å². The quantitative estimate of drug-likeness (QED) is 0.586. The Morgan fingerprint density at radius 2 is 2.38 bits per heavy atom. The van der Waals surface area contributed by atoms with Crippen LogP contribution in [-0.2, 0) is 0 Å². The van der Waals surface area contributed by atoms with Crippen LogP contribution in [0, 0.1) is 11.8 Å². The summed E-state index contributed by atoms with van der Waals surface area (Å²) < 4.78 is 0. The van der Waals surface area contributed by atoms with E-state index in [0.717, 1.165) is 18.9 Å². The van der Waals surface area contributed by atoms with Gasteiger partial charge in [0, 0.05) is 18.2 Å². The molecule has 0 aromatic rings. The topological polar surface area (TPSA) is 12.4 Å². The van der Waals surface area contributed by atoms with E-state index in [9.17, 15) is 0 Å². The minimum Gasteiger partial charge on any atom is -0.294 e. The van der Waals surface area contributed by atoms with Crippen LogP contribution in [-0.4, -0.2) is 12.3 Å². The molecule has 74 valence electrons. The molecule has 0 N–H and O–H groups in total. The van der Waals surface area contributed by atoms with Crippen molar-refractivity contribution in [1.82, 2.24) is 0 Å². The Balaban J connectivity index is 2.46. The van der Waals surface area contributed by atoms with E-state index >= 15 is 0 Å². The standard InChI is InChI=1S/C12H21N/c1-4-6-11-7-5-8-12(11)13-9-10(2)3/h4,10-11H,1,5-9H2,2-3H3. The van der Waals surface area contributed by atoms with E-state index in [-0.39, 0.29) is 0 Å². The summed E-state index contributed by atoms with van der Waals surface area (Å²) in [7, 11) is 0. The molecule has 1 atom stereocenters.